The molecule has 0 unspecified atom stereocenters. The number of nitrogens with two attached hydrogens (primary N) is 1. The van der Waals surface area contributed by atoms with Gasteiger partial charge in [0.1, 0.15) is 11.4 Å². The Kier molecular flexibility index (Phi) is 5.65. The van der Waals surface area contributed by atoms with E-state index < -0.39 is 11.7 Å². The van der Waals surface area contributed by atoms with Crippen molar-refractivity contribution in [1.82, 2.24) is 14.9 Å². The molecule has 1 aliphatic rings. The predicted molar refractivity (Wildman–Crippen MR) is 125 cm³/mol. The van der Waals surface area contributed by atoms with Crippen molar-refractivity contribution in [2.75, 3.05) is 12.3 Å². The Bertz CT molecular complexity index is 1560. The molecule has 0 bridgehead atoms. The Morgan fingerprint density at radius 2 is 1.89 bits per heavy atom. The van der Waals surface area contributed by atoms with Gasteiger partial charge in [0.25, 0.3) is 5.56 Å². The predicted octanol–water partition coefficient (Wildman–Crippen LogP) is 4.36. The number of nitrogen functional groups attached to an aromatic ring is 1. The molecule has 4 aromatic rings. The maximum atomic E-state index is 13.0. The molecule has 11 heteroatoms. The molecule has 0 saturated heterocycles. The first-order chi connectivity index (χ1) is 16.6. The van der Waals surface area contributed by atoms with Crippen molar-refractivity contribution in [2.24, 2.45) is 0 Å². The van der Waals surface area contributed by atoms with E-state index in [1.54, 1.807) is 12.1 Å². The van der Waals surface area contributed by atoms with E-state index in [0.717, 1.165) is 12.1 Å². The summed E-state index contributed by atoms with van der Waals surface area (Å²) in [5.74, 6) is 0.201. The van der Waals surface area contributed by atoms with Gasteiger partial charge in [0.15, 0.2) is 11.3 Å². The molecule has 0 fully saturated rings. The van der Waals surface area contributed by atoms with Gasteiger partial charge in [0, 0.05) is 36.6 Å². The molecule has 3 N–H and O–H groups in total. The normalized spacial score (nSPS) is 14.3. The van der Waals surface area contributed by atoms with Gasteiger partial charge in [-0.1, -0.05) is 23.7 Å². The van der Waals surface area contributed by atoms with Crippen molar-refractivity contribution in [2.45, 2.75) is 25.7 Å². The highest BCUT2D eigenvalue weighted by Crippen LogP contribution is 2.30. The molecule has 0 aliphatic carbocycles. The topological polar surface area (TPSA) is 105 Å². The van der Waals surface area contributed by atoms with Crippen LogP contribution in [0.2, 0.25) is 5.02 Å². The van der Waals surface area contributed by atoms with Gasteiger partial charge < -0.3 is 15.1 Å². The van der Waals surface area contributed by atoms with Crippen molar-refractivity contribution < 1.29 is 17.6 Å². The van der Waals surface area contributed by atoms with Crippen LogP contribution in [-0.2, 0) is 25.7 Å². The average Bonchev–Trinajstić information content (AvgIpc) is 2.82. The molecule has 1 aliphatic heterocycles. The number of fused-ring (bicyclic) bond motifs is 2. The summed E-state index contributed by atoms with van der Waals surface area (Å²) < 4.78 is 44.1. The van der Waals surface area contributed by atoms with Crippen LogP contribution in [0.15, 0.2) is 56.5 Å². The quantitative estimate of drug-likeness (QED) is 0.431. The van der Waals surface area contributed by atoms with E-state index >= 15 is 0 Å². The second-order valence-corrected chi connectivity index (χ2v) is 8.73. The summed E-state index contributed by atoms with van der Waals surface area (Å²) in [5.41, 5.74) is 6.52. The Balaban J connectivity index is 1.41. The summed E-state index contributed by atoms with van der Waals surface area (Å²) in [7, 11) is 0. The standard InChI is InChI=1S/C24H18ClF3N4O3/c25-14-5-6-19-15(9-14)20(33)17(21(29)35-19)11-32-8-7-18-16(10-32)23(34)31-22(30-18)12-1-3-13(4-2-12)24(26,27)28/h1-6,9H,7-8,10-11,29H2,(H,30,31,34). The van der Waals surface area contributed by atoms with Crippen molar-refractivity contribution >= 4 is 28.5 Å². The SMILES string of the molecule is Nc1oc2ccc(Cl)cc2c(=O)c1CN1CCc2nc(-c3ccc(C(F)(F)F)cc3)[nH]c(=O)c2C1. The van der Waals surface area contributed by atoms with E-state index in [-0.39, 0.29) is 41.3 Å². The van der Waals surface area contributed by atoms with E-state index in [1.165, 1.54) is 18.2 Å². The largest absolute Gasteiger partial charge is 0.440 e. The van der Waals surface area contributed by atoms with Crippen molar-refractivity contribution in [3.05, 3.63) is 90.4 Å². The van der Waals surface area contributed by atoms with Crippen LogP contribution in [0.4, 0.5) is 19.1 Å². The van der Waals surface area contributed by atoms with Crippen LogP contribution in [0.1, 0.15) is 22.4 Å². The molecule has 3 heterocycles. The second kappa shape index (κ2) is 8.54. The minimum Gasteiger partial charge on any atom is -0.440 e. The van der Waals surface area contributed by atoms with Crippen molar-refractivity contribution in [3.8, 4) is 11.4 Å². The van der Waals surface area contributed by atoms with Gasteiger partial charge in [-0.15, -0.1) is 0 Å². The fourth-order valence-electron chi connectivity index (χ4n) is 4.17. The van der Waals surface area contributed by atoms with Gasteiger partial charge in [-0.05, 0) is 30.3 Å². The zero-order valence-electron chi connectivity index (χ0n) is 18.1. The molecule has 35 heavy (non-hydrogen) atoms. The van der Waals surface area contributed by atoms with Gasteiger partial charge in [-0.2, -0.15) is 13.2 Å². The lowest BCUT2D eigenvalue weighted by molar-refractivity contribution is -0.137. The lowest BCUT2D eigenvalue weighted by Gasteiger charge is -2.27. The van der Waals surface area contributed by atoms with Crippen molar-refractivity contribution in [3.63, 3.8) is 0 Å². The number of hydrogen-bond acceptors (Lipinski definition) is 6. The lowest BCUT2D eigenvalue weighted by atomic mass is 10.0. The first kappa shape index (κ1) is 23.1. The number of benzene rings is 2. The Morgan fingerprint density at radius 1 is 1.14 bits per heavy atom. The summed E-state index contributed by atoms with van der Waals surface area (Å²) in [5, 5.41) is 0.716. The first-order valence-corrected chi connectivity index (χ1v) is 11.0. The molecular formula is C24H18ClF3N4O3. The summed E-state index contributed by atoms with van der Waals surface area (Å²) in [4.78, 5) is 34.8. The maximum absolute atomic E-state index is 13.0. The van der Waals surface area contributed by atoms with Crippen LogP contribution >= 0.6 is 11.6 Å². The third-order valence-electron chi connectivity index (χ3n) is 5.99. The van der Waals surface area contributed by atoms with E-state index in [2.05, 4.69) is 9.97 Å². The molecule has 0 radical (unpaired) electrons. The third-order valence-corrected chi connectivity index (χ3v) is 6.23. The van der Waals surface area contributed by atoms with E-state index in [4.69, 9.17) is 21.8 Å². The number of rotatable bonds is 3. The molecule has 0 amide bonds. The van der Waals surface area contributed by atoms with Crippen LogP contribution in [0.5, 0.6) is 0 Å². The summed E-state index contributed by atoms with van der Waals surface area (Å²) in [6.07, 6.45) is -4.03. The van der Waals surface area contributed by atoms with Gasteiger partial charge in [-0.3, -0.25) is 14.5 Å². The number of aromatic nitrogens is 2. The van der Waals surface area contributed by atoms with E-state index in [9.17, 15) is 22.8 Å². The summed E-state index contributed by atoms with van der Waals surface area (Å²) >= 11 is 6.02. The van der Waals surface area contributed by atoms with Crippen LogP contribution in [0.3, 0.4) is 0 Å². The highest BCUT2D eigenvalue weighted by atomic mass is 35.5. The zero-order valence-corrected chi connectivity index (χ0v) is 18.8. The fraction of sp³-hybridized carbons (Fsp3) is 0.208. The van der Waals surface area contributed by atoms with Gasteiger partial charge in [0.2, 0.25) is 0 Å². The molecular weight excluding hydrogens is 485 g/mol. The maximum Gasteiger partial charge on any atom is 0.416 e. The van der Waals surface area contributed by atoms with Gasteiger partial charge in [0.05, 0.1) is 27.8 Å². The second-order valence-electron chi connectivity index (χ2n) is 8.29. The number of H-pyrrole nitrogens is 1. The third kappa shape index (κ3) is 4.42. The zero-order chi connectivity index (χ0) is 24.9. The van der Waals surface area contributed by atoms with Crippen LogP contribution in [0.25, 0.3) is 22.4 Å². The van der Waals surface area contributed by atoms with Crippen LogP contribution in [0, 0.1) is 0 Å². The van der Waals surface area contributed by atoms with Crippen LogP contribution < -0.4 is 16.7 Å². The highest BCUT2D eigenvalue weighted by molar-refractivity contribution is 6.31. The Labute approximate surface area is 201 Å². The summed E-state index contributed by atoms with van der Waals surface area (Å²) in [6.45, 7) is 0.871. The molecule has 7 nitrogen and oxygen atoms in total. The number of anilines is 1. The minimum absolute atomic E-state index is 0.000283. The van der Waals surface area contributed by atoms with E-state index in [0.29, 0.717) is 45.8 Å². The number of hydrogen-bond donors (Lipinski definition) is 2. The van der Waals surface area contributed by atoms with Gasteiger partial charge in [-0.25, -0.2) is 4.98 Å². The molecule has 5 rings (SSSR count). The first-order valence-electron chi connectivity index (χ1n) is 10.6. The number of aromatic amines is 1. The Hall–Kier alpha value is -3.63. The molecule has 180 valence electrons. The molecule has 0 spiro atoms. The minimum atomic E-state index is -4.45. The number of nitrogens with one attached hydrogen (secondary N) is 1. The smallest absolute Gasteiger partial charge is 0.416 e. The van der Waals surface area contributed by atoms with Crippen LogP contribution in [-0.4, -0.2) is 21.4 Å². The number of nitrogens with zero attached hydrogens (tertiary/aromatic N) is 2. The molecule has 0 atom stereocenters. The molecule has 2 aromatic carbocycles. The number of halogens is 4. The lowest BCUT2D eigenvalue weighted by Crippen LogP contribution is -2.36. The fourth-order valence-corrected chi connectivity index (χ4v) is 4.34. The monoisotopic (exact) mass is 502 g/mol. The van der Waals surface area contributed by atoms with Gasteiger partial charge >= 0.3 is 6.18 Å². The molecule has 2 aromatic heterocycles. The van der Waals surface area contributed by atoms with Crippen molar-refractivity contribution in [1.29, 1.82) is 0 Å². The summed E-state index contributed by atoms with van der Waals surface area (Å²) in [6, 6.07) is 9.15. The molecule has 0 saturated carbocycles. The average molecular weight is 503 g/mol. The van der Waals surface area contributed by atoms with E-state index in [1.807, 2.05) is 4.90 Å². The Morgan fingerprint density at radius 3 is 2.60 bits per heavy atom. The highest BCUT2D eigenvalue weighted by Gasteiger charge is 2.30. The number of alkyl halides is 3.